The van der Waals surface area contributed by atoms with E-state index in [-0.39, 0.29) is 11.7 Å². The molecule has 2 rings (SSSR count). The van der Waals surface area contributed by atoms with Crippen LogP contribution in [-0.2, 0) is 5.33 Å². The van der Waals surface area contributed by atoms with Crippen LogP contribution in [0.15, 0.2) is 36.4 Å². The van der Waals surface area contributed by atoms with Gasteiger partial charge < -0.3 is 10.4 Å². The summed E-state index contributed by atoms with van der Waals surface area (Å²) in [6.45, 7) is 3.65. The van der Waals surface area contributed by atoms with E-state index < -0.39 is 0 Å². The average Bonchev–Trinajstić information content (AvgIpc) is 2.44. The summed E-state index contributed by atoms with van der Waals surface area (Å²) in [6.07, 6.45) is 0. The molecule has 0 fully saturated rings. The highest BCUT2D eigenvalue weighted by molar-refractivity contribution is 9.08. The molecule has 0 unspecified atom stereocenters. The van der Waals surface area contributed by atoms with Crippen molar-refractivity contribution in [2.45, 2.75) is 19.2 Å². The van der Waals surface area contributed by atoms with Crippen molar-refractivity contribution in [3.05, 3.63) is 58.7 Å². The minimum Gasteiger partial charge on any atom is -0.508 e. The zero-order valence-corrected chi connectivity index (χ0v) is 13.0. The van der Waals surface area contributed by atoms with Crippen LogP contribution in [-0.4, -0.2) is 11.0 Å². The fourth-order valence-electron chi connectivity index (χ4n) is 1.88. The van der Waals surface area contributed by atoms with Crippen molar-refractivity contribution in [2.24, 2.45) is 0 Å². The molecule has 104 valence electrons. The first-order valence-electron chi connectivity index (χ1n) is 6.27. The van der Waals surface area contributed by atoms with Gasteiger partial charge in [0, 0.05) is 16.6 Å². The number of aryl methyl sites for hydroxylation is 2. The lowest BCUT2D eigenvalue weighted by molar-refractivity contribution is 0.102. The molecule has 0 aromatic heterocycles. The molecule has 0 radical (unpaired) electrons. The molecule has 20 heavy (non-hydrogen) atoms. The molecule has 2 aromatic rings. The van der Waals surface area contributed by atoms with Crippen LogP contribution >= 0.6 is 15.9 Å². The van der Waals surface area contributed by atoms with Gasteiger partial charge in [-0.25, -0.2) is 0 Å². The summed E-state index contributed by atoms with van der Waals surface area (Å²) in [6, 6.07) is 10.9. The number of hydrogen-bond donors (Lipinski definition) is 2. The van der Waals surface area contributed by atoms with Crippen LogP contribution in [0.5, 0.6) is 5.75 Å². The van der Waals surface area contributed by atoms with Crippen molar-refractivity contribution in [1.82, 2.24) is 0 Å². The van der Waals surface area contributed by atoms with Gasteiger partial charge in [0.05, 0.1) is 0 Å². The Morgan fingerprint density at radius 1 is 1.15 bits per heavy atom. The van der Waals surface area contributed by atoms with E-state index in [4.69, 9.17) is 0 Å². The molecule has 0 bridgehead atoms. The first-order chi connectivity index (χ1) is 9.51. The number of rotatable bonds is 3. The zero-order chi connectivity index (χ0) is 14.7. The Kier molecular flexibility index (Phi) is 4.45. The summed E-state index contributed by atoms with van der Waals surface area (Å²) >= 11 is 3.37. The van der Waals surface area contributed by atoms with E-state index in [1.54, 1.807) is 31.2 Å². The van der Waals surface area contributed by atoms with Crippen molar-refractivity contribution >= 4 is 27.5 Å². The molecule has 3 nitrogen and oxygen atoms in total. The highest BCUT2D eigenvalue weighted by Crippen LogP contribution is 2.25. The lowest BCUT2D eigenvalue weighted by atomic mass is 10.1. The maximum absolute atomic E-state index is 12.2. The normalized spacial score (nSPS) is 10.3. The molecule has 0 aliphatic heterocycles. The summed E-state index contributed by atoms with van der Waals surface area (Å²) < 4.78 is 0. The summed E-state index contributed by atoms with van der Waals surface area (Å²) in [5, 5.41) is 13.3. The van der Waals surface area contributed by atoms with E-state index in [1.807, 2.05) is 19.1 Å². The van der Waals surface area contributed by atoms with Crippen molar-refractivity contribution in [2.75, 3.05) is 5.32 Å². The summed E-state index contributed by atoms with van der Waals surface area (Å²) in [5.74, 6) is 0.0847. The molecule has 0 saturated heterocycles. The minimum atomic E-state index is -0.153. The van der Waals surface area contributed by atoms with Gasteiger partial charge in [-0.05, 0) is 54.8 Å². The molecule has 0 saturated carbocycles. The summed E-state index contributed by atoms with van der Waals surface area (Å²) in [4.78, 5) is 12.2. The number of benzene rings is 2. The molecule has 0 aliphatic carbocycles. The van der Waals surface area contributed by atoms with Gasteiger partial charge in [-0.1, -0.05) is 28.1 Å². The highest BCUT2D eigenvalue weighted by atomic mass is 79.9. The van der Waals surface area contributed by atoms with E-state index in [1.165, 1.54) is 0 Å². The standard InChI is InChI=1S/C16H16BrNO2/c1-10-8-15(19)11(2)7-14(10)18-16(20)13-5-3-12(9-17)4-6-13/h3-8,19H,9H2,1-2H3,(H,18,20). The van der Waals surface area contributed by atoms with Gasteiger partial charge in [0.15, 0.2) is 0 Å². The topological polar surface area (TPSA) is 49.3 Å². The van der Waals surface area contributed by atoms with E-state index >= 15 is 0 Å². The first-order valence-corrected chi connectivity index (χ1v) is 7.40. The fraction of sp³-hybridized carbons (Fsp3) is 0.188. The third-order valence-electron chi connectivity index (χ3n) is 3.16. The van der Waals surface area contributed by atoms with Crippen molar-refractivity contribution in [3.63, 3.8) is 0 Å². The maximum Gasteiger partial charge on any atom is 0.255 e. The lowest BCUT2D eigenvalue weighted by Crippen LogP contribution is -2.12. The lowest BCUT2D eigenvalue weighted by Gasteiger charge is -2.11. The smallest absolute Gasteiger partial charge is 0.255 e. The Morgan fingerprint density at radius 2 is 1.80 bits per heavy atom. The number of phenolic OH excluding ortho intramolecular Hbond substituents is 1. The second kappa shape index (κ2) is 6.09. The van der Waals surface area contributed by atoms with Crippen LogP contribution in [0.4, 0.5) is 5.69 Å². The molecule has 2 N–H and O–H groups in total. The molecule has 0 spiro atoms. The van der Waals surface area contributed by atoms with E-state index in [0.29, 0.717) is 5.56 Å². The zero-order valence-electron chi connectivity index (χ0n) is 11.4. The Hall–Kier alpha value is -1.81. The number of carbonyl (C=O) groups is 1. The molecule has 0 atom stereocenters. The molecule has 0 heterocycles. The van der Waals surface area contributed by atoms with Crippen molar-refractivity contribution < 1.29 is 9.90 Å². The monoisotopic (exact) mass is 333 g/mol. The number of amides is 1. The Labute approximate surface area is 126 Å². The van der Waals surface area contributed by atoms with Gasteiger partial charge in [-0.3, -0.25) is 4.79 Å². The molecule has 4 heteroatoms. The van der Waals surface area contributed by atoms with E-state index in [9.17, 15) is 9.90 Å². The van der Waals surface area contributed by atoms with Crippen molar-refractivity contribution in [1.29, 1.82) is 0 Å². The second-order valence-corrected chi connectivity index (χ2v) is 5.30. The number of halogens is 1. The fourth-order valence-corrected chi connectivity index (χ4v) is 2.25. The van der Waals surface area contributed by atoms with E-state index in [0.717, 1.165) is 27.7 Å². The number of anilines is 1. The van der Waals surface area contributed by atoms with E-state index in [2.05, 4.69) is 21.2 Å². The molecule has 0 aliphatic rings. The number of hydrogen-bond acceptors (Lipinski definition) is 2. The highest BCUT2D eigenvalue weighted by Gasteiger charge is 2.09. The largest absolute Gasteiger partial charge is 0.508 e. The van der Waals surface area contributed by atoms with Gasteiger partial charge in [0.2, 0.25) is 0 Å². The van der Waals surface area contributed by atoms with Crippen LogP contribution in [0, 0.1) is 13.8 Å². The number of phenols is 1. The molecular formula is C16H16BrNO2. The van der Waals surface area contributed by atoms with Gasteiger partial charge in [0.1, 0.15) is 5.75 Å². The van der Waals surface area contributed by atoms with Crippen LogP contribution in [0.1, 0.15) is 27.0 Å². The number of aromatic hydroxyl groups is 1. The van der Waals surface area contributed by atoms with Gasteiger partial charge in [-0.2, -0.15) is 0 Å². The van der Waals surface area contributed by atoms with Crippen LogP contribution < -0.4 is 5.32 Å². The minimum absolute atomic E-state index is 0.153. The van der Waals surface area contributed by atoms with Crippen LogP contribution in [0.25, 0.3) is 0 Å². The van der Waals surface area contributed by atoms with Gasteiger partial charge in [0.25, 0.3) is 5.91 Å². The number of nitrogens with one attached hydrogen (secondary N) is 1. The molecule has 2 aromatic carbocycles. The summed E-state index contributed by atoms with van der Waals surface area (Å²) in [7, 11) is 0. The third kappa shape index (κ3) is 3.20. The molecule has 1 amide bonds. The Morgan fingerprint density at radius 3 is 2.40 bits per heavy atom. The van der Waals surface area contributed by atoms with Crippen molar-refractivity contribution in [3.8, 4) is 5.75 Å². The van der Waals surface area contributed by atoms with Crippen LogP contribution in [0.3, 0.4) is 0 Å². The number of alkyl halides is 1. The SMILES string of the molecule is Cc1cc(NC(=O)c2ccc(CBr)cc2)c(C)cc1O. The molecular weight excluding hydrogens is 318 g/mol. The third-order valence-corrected chi connectivity index (χ3v) is 3.81. The van der Waals surface area contributed by atoms with Gasteiger partial charge >= 0.3 is 0 Å². The summed E-state index contributed by atoms with van der Waals surface area (Å²) in [5.41, 5.74) is 4.02. The van der Waals surface area contributed by atoms with Gasteiger partial charge in [-0.15, -0.1) is 0 Å². The Balaban J connectivity index is 2.20. The maximum atomic E-state index is 12.2. The predicted octanol–water partition coefficient (Wildman–Crippen LogP) is 4.16. The van der Waals surface area contributed by atoms with Crippen LogP contribution in [0.2, 0.25) is 0 Å². The first kappa shape index (κ1) is 14.6. The predicted molar refractivity (Wildman–Crippen MR) is 84.6 cm³/mol. The average molecular weight is 334 g/mol. The Bertz CT molecular complexity index is 636. The quantitative estimate of drug-likeness (QED) is 0.654. The second-order valence-electron chi connectivity index (χ2n) is 4.74. The number of carbonyl (C=O) groups excluding carboxylic acids is 1.